The number of aromatic amines is 1. The third kappa shape index (κ3) is 3.88. The molecule has 2 bridgehead atoms. The number of nitrogens with one attached hydrogen (secondary N) is 2. The lowest BCUT2D eigenvalue weighted by molar-refractivity contribution is 0.0958. The lowest BCUT2D eigenvalue weighted by Gasteiger charge is -2.42. The molecule has 3 unspecified atom stereocenters. The molecule has 7 nitrogen and oxygen atoms in total. The molecule has 1 aromatic carbocycles. The SMILES string of the molecule is CN=C(NCc1cccc(-c2ncn[nH]2)c1)N1CCN(C2CC3CCC2C3)CC1. The zero-order valence-electron chi connectivity index (χ0n) is 17.2. The van der Waals surface area contributed by atoms with E-state index in [2.05, 4.69) is 53.5 Å². The summed E-state index contributed by atoms with van der Waals surface area (Å²) in [5, 5.41) is 10.4. The molecule has 2 N–H and O–H groups in total. The molecule has 1 aliphatic heterocycles. The van der Waals surface area contributed by atoms with Gasteiger partial charge in [-0.1, -0.05) is 24.6 Å². The Kier molecular flexibility index (Phi) is 5.23. The van der Waals surface area contributed by atoms with Crippen molar-refractivity contribution in [3.63, 3.8) is 0 Å². The van der Waals surface area contributed by atoms with Gasteiger partial charge in [0.2, 0.25) is 0 Å². The Hall–Kier alpha value is -2.41. The predicted octanol–water partition coefficient (Wildman–Crippen LogP) is 2.35. The Bertz CT molecular complexity index is 839. The lowest BCUT2D eigenvalue weighted by atomic mass is 9.93. The van der Waals surface area contributed by atoms with Crippen molar-refractivity contribution in [2.24, 2.45) is 16.8 Å². The number of aliphatic imine (C=N–C) groups is 1. The van der Waals surface area contributed by atoms with E-state index in [1.54, 1.807) is 6.33 Å². The summed E-state index contributed by atoms with van der Waals surface area (Å²) in [7, 11) is 1.88. The maximum absolute atomic E-state index is 4.54. The van der Waals surface area contributed by atoms with Gasteiger partial charge in [0.1, 0.15) is 6.33 Å². The van der Waals surface area contributed by atoms with Crippen molar-refractivity contribution in [1.82, 2.24) is 30.3 Å². The van der Waals surface area contributed by atoms with Crippen LogP contribution in [-0.2, 0) is 6.54 Å². The fourth-order valence-electron chi connectivity index (χ4n) is 5.61. The van der Waals surface area contributed by atoms with E-state index in [0.29, 0.717) is 0 Å². The zero-order chi connectivity index (χ0) is 19.6. The van der Waals surface area contributed by atoms with Gasteiger partial charge < -0.3 is 10.2 Å². The highest BCUT2D eigenvalue weighted by molar-refractivity contribution is 5.80. The molecule has 2 heterocycles. The molecule has 29 heavy (non-hydrogen) atoms. The Morgan fingerprint density at radius 1 is 1.21 bits per heavy atom. The van der Waals surface area contributed by atoms with Gasteiger partial charge in [0.05, 0.1) is 0 Å². The van der Waals surface area contributed by atoms with E-state index in [-0.39, 0.29) is 0 Å². The van der Waals surface area contributed by atoms with Crippen LogP contribution in [0.2, 0.25) is 0 Å². The van der Waals surface area contributed by atoms with Gasteiger partial charge in [-0.05, 0) is 42.7 Å². The van der Waals surface area contributed by atoms with Crippen molar-refractivity contribution in [3.8, 4) is 11.4 Å². The van der Waals surface area contributed by atoms with Crippen molar-refractivity contribution in [1.29, 1.82) is 0 Å². The first-order valence-corrected chi connectivity index (χ1v) is 10.9. The van der Waals surface area contributed by atoms with E-state index in [1.807, 2.05) is 13.1 Å². The van der Waals surface area contributed by atoms with Gasteiger partial charge in [0, 0.05) is 51.4 Å². The van der Waals surface area contributed by atoms with Crippen molar-refractivity contribution in [3.05, 3.63) is 36.2 Å². The molecule has 154 valence electrons. The Morgan fingerprint density at radius 3 is 2.79 bits per heavy atom. The third-order valence-electron chi connectivity index (χ3n) is 7.06. The molecule has 3 atom stereocenters. The molecule has 0 spiro atoms. The molecule has 0 radical (unpaired) electrons. The van der Waals surface area contributed by atoms with Crippen LogP contribution in [0.25, 0.3) is 11.4 Å². The van der Waals surface area contributed by atoms with Gasteiger partial charge in [-0.2, -0.15) is 5.10 Å². The molecule has 5 rings (SSSR count). The van der Waals surface area contributed by atoms with Crippen molar-refractivity contribution < 1.29 is 0 Å². The van der Waals surface area contributed by atoms with Gasteiger partial charge in [-0.15, -0.1) is 0 Å². The van der Waals surface area contributed by atoms with Crippen LogP contribution >= 0.6 is 0 Å². The highest BCUT2D eigenvalue weighted by Crippen LogP contribution is 2.46. The topological polar surface area (TPSA) is 72.4 Å². The summed E-state index contributed by atoms with van der Waals surface area (Å²) >= 11 is 0. The number of benzene rings is 1. The molecular weight excluding hydrogens is 362 g/mol. The summed E-state index contributed by atoms with van der Waals surface area (Å²) in [6, 6.07) is 9.24. The minimum absolute atomic E-state index is 0.751. The molecule has 7 heteroatoms. The number of aromatic nitrogens is 3. The summed E-state index contributed by atoms with van der Waals surface area (Å²) in [5.41, 5.74) is 2.26. The van der Waals surface area contributed by atoms with E-state index in [9.17, 15) is 0 Å². The largest absolute Gasteiger partial charge is 0.352 e. The molecular formula is C22H31N7. The highest BCUT2D eigenvalue weighted by atomic mass is 15.4. The lowest BCUT2D eigenvalue weighted by Crippen LogP contribution is -2.55. The maximum atomic E-state index is 4.54. The van der Waals surface area contributed by atoms with Crippen LogP contribution < -0.4 is 5.32 Å². The van der Waals surface area contributed by atoms with Crippen LogP contribution in [0, 0.1) is 11.8 Å². The number of fused-ring (bicyclic) bond motifs is 2. The Balaban J connectivity index is 1.15. The quantitative estimate of drug-likeness (QED) is 0.616. The molecule has 2 aliphatic carbocycles. The Labute approximate surface area is 172 Å². The normalized spacial score (nSPS) is 27.6. The number of rotatable bonds is 4. The fraction of sp³-hybridized carbons (Fsp3) is 0.591. The third-order valence-corrected chi connectivity index (χ3v) is 7.06. The number of hydrogen-bond donors (Lipinski definition) is 2. The van der Waals surface area contributed by atoms with E-state index < -0.39 is 0 Å². The van der Waals surface area contributed by atoms with E-state index in [1.165, 1.54) is 31.2 Å². The average molecular weight is 394 g/mol. The summed E-state index contributed by atoms with van der Waals surface area (Å²) < 4.78 is 0. The molecule has 3 aliphatic rings. The van der Waals surface area contributed by atoms with Crippen LogP contribution in [0.4, 0.5) is 0 Å². The minimum atomic E-state index is 0.751. The fourth-order valence-corrected chi connectivity index (χ4v) is 5.61. The van der Waals surface area contributed by atoms with Crippen molar-refractivity contribution >= 4 is 5.96 Å². The van der Waals surface area contributed by atoms with E-state index >= 15 is 0 Å². The smallest absolute Gasteiger partial charge is 0.194 e. The van der Waals surface area contributed by atoms with Crippen LogP contribution in [-0.4, -0.2) is 70.2 Å². The van der Waals surface area contributed by atoms with Gasteiger partial charge >= 0.3 is 0 Å². The average Bonchev–Trinajstić information content (AvgIpc) is 3.53. The first kappa shape index (κ1) is 18.6. The molecule has 3 fully saturated rings. The molecule has 2 saturated carbocycles. The second-order valence-electron chi connectivity index (χ2n) is 8.70. The molecule has 1 aromatic heterocycles. The predicted molar refractivity (Wildman–Crippen MR) is 114 cm³/mol. The molecule has 1 saturated heterocycles. The first-order chi connectivity index (χ1) is 14.3. The summed E-state index contributed by atoms with van der Waals surface area (Å²) in [6.45, 7) is 5.20. The second kappa shape index (κ2) is 8.14. The minimum Gasteiger partial charge on any atom is -0.352 e. The van der Waals surface area contributed by atoms with Gasteiger partial charge in [0.25, 0.3) is 0 Å². The van der Waals surface area contributed by atoms with Crippen LogP contribution in [0.15, 0.2) is 35.6 Å². The summed E-state index contributed by atoms with van der Waals surface area (Å²) in [6.07, 6.45) is 7.42. The van der Waals surface area contributed by atoms with Crippen LogP contribution in [0.1, 0.15) is 31.2 Å². The standard InChI is InChI=1S/C22H31N7/c1-23-22(24-14-17-3-2-4-19(12-17)21-25-15-26-27-21)29-9-7-28(8-10-29)20-13-16-5-6-18(20)11-16/h2-4,12,15-16,18,20H,5-11,13-14H2,1H3,(H,23,24)(H,25,26,27). The molecule has 2 aromatic rings. The second-order valence-corrected chi connectivity index (χ2v) is 8.70. The zero-order valence-corrected chi connectivity index (χ0v) is 17.2. The van der Waals surface area contributed by atoms with Gasteiger partial charge in [0.15, 0.2) is 11.8 Å². The summed E-state index contributed by atoms with van der Waals surface area (Å²) in [5.74, 6) is 3.79. The van der Waals surface area contributed by atoms with Crippen LogP contribution in [0.5, 0.6) is 0 Å². The first-order valence-electron chi connectivity index (χ1n) is 10.9. The van der Waals surface area contributed by atoms with Gasteiger partial charge in [-0.25, -0.2) is 4.98 Å². The monoisotopic (exact) mass is 393 g/mol. The van der Waals surface area contributed by atoms with Crippen LogP contribution in [0.3, 0.4) is 0 Å². The number of guanidine groups is 1. The van der Waals surface area contributed by atoms with Gasteiger partial charge in [-0.3, -0.25) is 15.0 Å². The van der Waals surface area contributed by atoms with E-state index in [0.717, 1.165) is 67.9 Å². The van der Waals surface area contributed by atoms with E-state index in [4.69, 9.17) is 0 Å². The number of nitrogens with zero attached hydrogens (tertiary/aromatic N) is 5. The van der Waals surface area contributed by atoms with Crippen molar-refractivity contribution in [2.75, 3.05) is 33.2 Å². The summed E-state index contributed by atoms with van der Waals surface area (Å²) in [4.78, 5) is 14.0. The number of H-pyrrole nitrogens is 1. The number of piperazine rings is 1. The maximum Gasteiger partial charge on any atom is 0.194 e. The van der Waals surface area contributed by atoms with Crippen molar-refractivity contribution in [2.45, 2.75) is 38.3 Å². The number of hydrogen-bond acceptors (Lipinski definition) is 4. The molecule has 0 amide bonds. The Morgan fingerprint density at radius 2 is 2.10 bits per heavy atom. The highest BCUT2D eigenvalue weighted by Gasteiger charge is 2.42.